The molecule has 1 aliphatic heterocycles. The molecule has 8 nitrogen and oxygen atoms in total. The summed E-state index contributed by atoms with van der Waals surface area (Å²) < 4.78 is 6.77. The smallest absolute Gasteiger partial charge is 0.409 e. The van der Waals surface area contributed by atoms with E-state index in [0.717, 1.165) is 22.5 Å². The molecular weight excluding hydrogens is 442 g/mol. The van der Waals surface area contributed by atoms with Crippen molar-refractivity contribution in [2.24, 2.45) is 0 Å². The second-order valence-corrected chi connectivity index (χ2v) is 8.66. The summed E-state index contributed by atoms with van der Waals surface area (Å²) in [6, 6.07) is 7.74. The van der Waals surface area contributed by atoms with Crippen LogP contribution in [-0.4, -0.2) is 57.2 Å². The van der Waals surface area contributed by atoms with E-state index in [1.165, 1.54) is 0 Å². The van der Waals surface area contributed by atoms with Gasteiger partial charge in [0.15, 0.2) is 5.65 Å². The average molecular weight is 470 g/mol. The van der Waals surface area contributed by atoms with Gasteiger partial charge >= 0.3 is 6.09 Å². The van der Waals surface area contributed by atoms with Gasteiger partial charge < -0.3 is 15.0 Å². The van der Waals surface area contributed by atoms with Crippen LogP contribution in [0.2, 0.25) is 5.02 Å². The van der Waals surface area contributed by atoms with Crippen molar-refractivity contribution < 1.29 is 14.3 Å². The zero-order valence-corrected chi connectivity index (χ0v) is 19.9. The molecule has 1 aromatic carbocycles. The minimum absolute atomic E-state index is 0.0141. The molecule has 1 fully saturated rings. The molecular formula is C24H28ClN5O3. The van der Waals surface area contributed by atoms with Crippen LogP contribution in [0.1, 0.15) is 52.6 Å². The number of piperidine rings is 1. The van der Waals surface area contributed by atoms with E-state index in [2.05, 4.69) is 10.4 Å². The van der Waals surface area contributed by atoms with E-state index in [9.17, 15) is 9.59 Å². The van der Waals surface area contributed by atoms with Crippen molar-refractivity contribution in [2.75, 3.05) is 19.7 Å². The second-order valence-electron chi connectivity index (χ2n) is 8.26. The third-order valence-corrected chi connectivity index (χ3v) is 6.50. The third-order valence-electron chi connectivity index (χ3n) is 6.13. The first-order chi connectivity index (χ1) is 15.9. The van der Waals surface area contributed by atoms with Crippen LogP contribution in [0.25, 0.3) is 5.65 Å². The number of carbonyl (C=O) groups is 2. The van der Waals surface area contributed by atoms with Crippen molar-refractivity contribution in [3.05, 3.63) is 63.6 Å². The van der Waals surface area contributed by atoms with E-state index in [1.807, 2.05) is 38.1 Å². The van der Waals surface area contributed by atoms with Crippen LogP contribution >= 0.6 is 11.6 Å². The molecule has 0 aliphatic carbocycles. The molecule has 2 amide bonds. The summed E-state index contributed by atoms with van der Waals surface area (Å²) >= 11 is 6.35. The standard InChI is InChI=1S/C24H28ClN5O3/c1-4-33-24(32)29-11-9-18(10-12-29)28-23(31)20-14-26-30-16(3)19(15(2)27-22(20)30)13-17-7-5-6-8-21(17)25/h5-8,14,18H,4,9-13H2,1-3H3,(H,28,31). The Balaban J connectivity index is 1.50. The number of aromatic nitrogens is 3. The minimum atomic E-state index is -0.298. The van der Waals surface area contributed by atoms with Gasteiger partial charge in [-0.05, 0) is 50.8 Å². The van der Waals surface area contributed by atoms with Crippen LogP contribution in [-0.2, 0) is 11.2 Å². The van der Waals surface area contributed by atoms with Gasteiger partial charge in [0.1, 0.15) is 5.56 Å². The molecule has 1 saturated heterocycles. The summed E-state index contributed by atoms with van der Waals surface area (Å²) in [4.78, 5) is 31.3. The Morgan fingerprint density at radius 2 is 1.94 bits per heavy atom. The van der Waals surface area contributed by atoms with E-state index in [-0.39, 0.29) is 18.0 Å². The monoisotopic (exact) mass is 469 g/mol. The van der Waals surface area contributed by atoms with Crippen molar-refractivity contribution in [3.8, 4) is 0 Å². The van der Waals surface area contributed by atoms with Gasteiger partial charge in [0.25, 0.3) is 5.91 Å². The van der Waals surface area contributed by atoms with Gasteiger partial charge in [0.2, 0.25) is 0 Å². The molecule has 0 unspecified atom stereocenters. The Bertz CT molecular complexity index is 1180. The highest BCUT2D eigenvalue weighted by Gasteiger charge is 2.26. The number of fused-ring (bicyclic) bond motifs is 1. The number of benzene rings is 1. The molecule has 2 aromatic heterocycles. The highest BCUT2D eigenvalue weighted by atomic mass is 35.5. The highest BCUT2D eigenvalue weighted by Crippen LogP contribution is 2.24. The van der Waals surface area contributed by atoms with Crippen LogP contribution in [0.15, 0.2) is 30.5 Å². The lowest BCUT2D eigenvalue weighted by atomic mass is 10.0. The Labute approximate surface area is 197 Å². The fraction of sp³-hybridized carbons (Fsp3) is 0.417. The lowest BCUT2D eigenvalue weighted by Gasteiger charge is -2.31. The molecule has 9 heteroatoms. The maximum Gasteiger partial charge on any atom is 0.409 e. The number of likely N-dealkylation sites (tertiary alicyclic amines) is 1. The van der Waals surface area contributed by atoms with Gasteiger partial charge in [0.05, 0.1) is 12.8 Å². The number of rotatable bonds is 5. The number of nitrogens with one attached hydrogen (secondary N) is 1. The topological polar surface area (TPSA) is 88.8 Å². The number of carbonyl (C=O) groups excluding carboxylic acids is 2. The summed E-state index contributed by atoms with van der Waals surface area (Å²) in [5, 5.41) is 8.24. The normalized spacial score (nSPS) is 14.5. The Morgan fingerprint density at radius 1 is 1.21 bits per heavy atom. The molecule has 3 aromatic rings. The fourth-order valence-electron chi connectivity index (χ4n) is 4.24. The van der Waals surface area contributed by atoms with Gasteiger partial charge in [-0.25, -0.2) is 14.3 Å². The molecule has 4 rings (SSSR count). The zero-order chi connectivity index (χ0) is 23.5. The predicted molar refractivity (Wildman–Crippen MR) is 126 cm³/mol. The lowest BCUT2D eigenvalue weighted by Crippen LogP contribution is -2.46. The van der Waals surface area contributed by atoms with Gasteiger partial charge in [0, 0.05) is 42.0 Å². The molecule has 0 bridgehead atoms. The van der Waals surface area contributed by atoms with Gasteiger partial charge in [-0.2, -0.15) is 5.10 Å². The van der Waals surface area contributed by atoms with Crippen molar-refractivity contribution in [2.45, 2.75) is 46.1 Å². The van der Waals surface area contributed by atoms with Crippen molar-refractivity contribution in [3.63, 3.8) is 0 Å². The summed E-state index contributed by atoms with van der Waals surface area (Å²) in [5.74, 6) is -0.204. The molecule has 0 radical (unpaired) electrons. The van der Waals surface area contributed by atoms with E-state index in [1.54, 1.807) is 22.5 Å². The summed E-state index contributed by atoms with van der Waals surface area (Å²) in [5.41, 5.74) is 4.81. The van der Waals surface area contributed by atoms with E-state index < -0.39 is 0 Å². The third kappa shape index (κ3) is 4.80. The quantitative estimate of drug-likeness (QED) is 0.611. The Morgan fingerprint density at radius 3 is 2.64 bits per heavy atom. The van der Waals surface area contributed by atoms with E-state index >= 15 is 0 Å². The van der Waals surface area contributed by atoms with Crippen molar-refractivity contribution in [1.29, 1.82) is 0 Å². The number of aryl methyl sites for hydroxylation is 2. The largest absolute Gasteiger partial charge is 0.450 e. The van der Waals surface area contributed by atoms with E-state index in [4.69, 9.17) is 21.3 Å². The number of hydrogen-bond acceptors (Lipinski definition) is 5. The van der Waals surface area contributed by atoms with Crippen molar-refractivity contribution in [1.82, 2.24) is 24.8 Å². The SMILES string of the molecule is CCOC(=O)N1CCC(NC(=O)c2cnn3c(C)c(Cc4ccccc4Cl)c(C)nc23)CC1. The Hall–Kier alpha value is -3.13. The summed E-state index contributed by atoms with van der Waals surface area (Å²) in [7, 11) is 0. The second kappa shape index (κ2) is 9.79. The number of halogens is 1. The summed E-state index contributed by atoms with van der Waals surface area (Å²) in [6.45, 7) is 7.18. The van der Waals surface area contributed by atoms with Crippen LogP contribution in [0, 0.1) is 13.8 Å². The van der Waals surface area contributed by atoms with Crippen LogP contribution in [0.5, 0.6) is 0 Å². The zero-order valence-electron chi connectivity index (χ0n) is 19.1. The van der Waals surface area contributed by atoms with Crippen LogP contribution in [0.4, 0.5) is 4.79 Å². The first-order valence-corrected chi connectivity index (χ1v) is 11.6. The first-order valence-electron chi connectivity index (χ1n) is 11.2. The molecule has 0 spiro atoms. The van der Waals surface area contributed by atoms with Gasteiger partial charge in [-0.1, -0.05) is 29.8 Å². The first kappa shape index (κ1) is 23.0. The number of hydrogen-bond donors (Lipinski definition) is 1. The Kier molecular flexibility index (Phi) is 6.83. The van der Waals surface area contributed by atoms with Crippen LogP contribution in [0.3, 0.4) is 0 Å². The molecule has 0 atom stereocenters. The fourth-order valence-corrected chi connectivity index (χ4v) is 4.45. The van der Waals surface area contributed by atoms with Gasteiger partial charge in [-0.3, -0.25) is 4.79 Å². The van der Waals surface area contributed by atoms with Gasteiger partial charge in [-0.15, -0.1) is 0 Å². The maximum absolute atomic E-state index is 13.0. The molecule has 33 heavy (non-hydrogen) atoms. The number of amides is 2. The number of nitrogens with zero attached hydrogens (tertiary/aromatic N) is 4. The summed E-state index contributed by atoms with van der Waals surface area (Å²) in [6.07, 6.45) is 3.26. The molecule has 174 valence electrons. The lowest BCUT2D eigenvalue weighted by molar-refractivity contribution is 0.0861. The predicted octanol–water partition coefficient (Wildman–Crippen LogP) is 3.94. The van der Waals surface area contributed by atoms with E-state index in [0.29, 0.717) is 55.2 Å². The number of ether oxygens (including phenoxy) is 1. The molecule has 1 N–H and O–H groups in total. The maximum atomic E-state index is 13.0. The molecule has 0 saturated carbocycles. The molecule has 1 aliphatic rings. The minimum Gasteiger partial charge on any atom is -0.450 e. The van der Waals surface area contributed by atoms with Crippen LogP contribution < -0.4 is 5.32 Å². The van der Waals surface area contributed by atoms with Crippen molar-refractivity contribution >= 4 is 29.2 Å². The highest BCUT2D eigenvalue weighted by molar-refractivity contribution is 6.31. The molecule has 3 heterocycles. The average Bonchev–Trinajstić information content (AvgIpc) is 3.22.